The number of esters is 1. The van der Waals surface area contributed by atoms with Gasteiger partial charge in [0.15, 0.2) is 0 Å². The average Bonchev–Trinajstić information content (AvgIpc) is 3.15. The highest BCUT2D eigenvalue weighted by Crippen LogP contribution is 2.27. The van der Waals surface area contributed by atoms with Crippen molar-refractivity contribution < 1.29 is 14.6 Å². The first-order valence-electron chi connectivity index (χ1n) is 7.40. The van der Waals surface area contributed by atoms with Gasteiger partial charge >= 0.3 is 5.97 Å². The van der Waals surface area contributed by atoms with Gasteiger partial charge in [0.2, 0.25) is 0 Å². The maximum Gasteiger partial charge on any atom is 0.337 e. The van der Waals surface area contributed by atoms with Gasteiger partial charge in [-0.3, -0.25) is 0 Å². The van der Waals surface area contributed by atoms with E-state index in [2.05, 4.69) is 9.97 Å². The van der Waals surface area contributed by atoms with Gasteiger partial charge in [0.25, 0.3) is 0 Å². The summed E-state index contributed by atoms with van der Waals surface area (Å²) < 4.78 is 8.61. The quantitative estimate of drug-likeness (QED) is 0.714. The van der Waals surface area contributed by atoms with Gasteiger partial charge in [-0.1, -0.05) is 11.6 Å². The van der Waals surface area contributed by atoms with Crippen LogP contribution in [0, 0.1) is 6.92 Å². The zero-order valence-electron chi connectivity index (χ0n) is 13.4. The molecule has 0 saturated heterocycles. The van der Waals surface area contributed by atoms with Gasteiger partial charge in [0.1, 0.15) is 23.8 Å². The molecule has 0 spiro atoms. The first kappa shape index (κ1) is 16.5. The normalized spacial score (nSPS) is 11.2. The second-order valence-electron chi connectivity index (χ2n) is 5.32. The zero-order chi connectivity index (χ0) is 17.3. The summed E-state index contributed by atoms with van der Waals surface area (Å²) in [5.74, 6) is 0.924. The van der Waals surface area contributed by atoms with Crippen molar-refractivity contribution in [3.8, 4) is 0 Å². The number of aryl methyl sites for hydroxylation is 3. The maximum atomic E-state index is 11.8. The molecule has 0 amide bonds. The van der Waals surface area contributed by atoms with Crippen LogP contribution in [0.2, 0.25) is 5.02 Å². The summed E-state index contributed by atoms with van der Waals surface area (Å²) >= 11 is 6.25. The van der Waals surface area contributed by atoms with Crippen LogP contribution in [0.15, 0.2) is 24.5 Å². The van der Waals surface area contributed by atoms with Gasteiger partial charge in [0, 0.05) is 25.5 Å². The molecule has 0 atom stereocenters. The van der Waals surface area contributed by atoms with E-state index in [1.54, 1.807) is 12.3 Å². The number of carbonyl (C=O) groups excluding carboxylic acids is 1. The summed E-state index contributed by atoms with van der Waals surface area (Å²) in [5.41, 5.74) is 1.58. The van der Waals surface area contributed by atoms with Gasteiger partial charge in [0.05, 0.1) is 23.2 Å². The first-order valence-corrected chi connectivity index (χ1v) is 7.78. The molecule has 2 heterocycles. The third-order valence-electron chi connectivity index (χ3n) is 3.94. The van der Waals surface area contributed by atoms with Crippen LogP contribution in [0.25, 0.3) is 11.0 Å². The van der Waals surface area contributed by atoms with Crippen LogP contribution in [0.5, 0.6) is 0 Å². The fourth-order valence-corrected chi connectivity index (χ4v) is 2.94. The number of imidazole rings is 2. The lowest BCUT2D eigenvalue weighted by Gasteiger charge is -2.10. The van der Waals surface area contributed by atoms with E-state index in [9.17, 15) is 9.90 Å². The summed E-state index contributed by atoms with van der Waals surface area (Å²) in [7, 11) is 1.32. The molecule has 3 aromatic rings. The van der Waals surface area contributed by atoms with E-state index >= 15 is 0 Å². The molecule has 0 bridgehead atoms. The fourth-order valence-electron chi connectivity index (χ4n) is 2.68. The van der Waals surface area contributed by atoms with Crippen LogP contribution >= 0.6 is 11.6 Å². The van der Waals surface area contributed by atoms with Crippen molar-refractivity contribution in [3.05, 3.63) is 46.8 Å². The number of methoxy groups -OCH3 is 1. The molecule has 0 aliphatic carbocycles. The van der Waals surface area contributed by atoms with Crippen LogP contribution in [-0.2, 0) is 24.4 Å². The predicted molar refractivity (Wildman–Crippen MR) is 89.0 cm³/mol. The number of benzene rings is 1. The van der Waals surface area contributed by atoms with E-state index in [1.807, 2.05) is 22.3 Å². The molecular weight excluding hydrogens is 332 g/mol. The Morgan fingerprint density at radius 1 is 1.38 bits per heavy atom. The Hall–Kier alpha value is -2.38. The molecule has 126 valence electrons. The molecule has 3 rings (SSSR count). The summed E-state index contributed by atoms with van der Waals surface area (Å²) in [4.78, 5) is 20.4. The number of nitrogens with zero attached hydrogens (tertiary/aromatic N) is 4. The fraction of sp³-hybridized carbons (Fsp3) is 0.312. The van der Waals surface area contributed by atoms with E-state index in [4.69, 9.17) is 16.3 Å². The Balaban J connectivity index is 2.05. The van der Waals surface area contributed by atoms with Crippen molar-refractivity contribution in [2.75, 3.05) is 7.11 Å². The van der Waals surface area contributed by atoms with E-state index in [0.29, 0.717) is 40.5 Å². The summed E-state index contributed by atoms with van der Waals surface area (Å²) in [6, 6.07) is 3.20. The molecule has 0 radical (unpaired) electrons. The minimum Gasteiger partial charge on any atom is -0.465 e. The van der Waals surface area contributed by atoms with Crippen molar-refractivity contribution in [2.24, 2.45) is 0 Å². The molecule has 7 nitrogen and oxygen atoms in total. The second-order valence-corrected chi connectivity index (χ2v) is 5.73. The number of fused-ring (bicyclic) bond motifs is 1. The molecule has 0 unspecified atom stereocenters. The van der Waals surface area contributed by atoms with Gasteiger partial charge in [-0.15, -0.1) is 0 Å². The molecular formula is C16H17ClN4O3. The highest BCUT2D eigenvalue weighted by Gasteiger charge is 2.17. The standard InChI is InChI=1S/C16H17ClN4O3/c1-10-18-3-4-20(10)5-6-21-13-8-11(16(23)24-2)7-12(17)15(13)19-14(21)9-22/h3-4,7-8,22H,5-6,9H2,1-2H3. The number of aromatic nitrogens is 4. The number of rotatable bonds is 5. The molecule has 2 aromatic heterocycles. The number of carbonyl (C=O) groups is 1. The van der Waals surface area contributed by atoms with Crippen LogP contribution < -0.4 is 0 Å². The van der Waals surface area contributed by atoms with Crippen molar-refractivity contribution in [2.45, 2.75) is 26.6 Å². The van der Waals surface area contributed by atoms with Crippen LogP contribution in [0.1, 0.15) is 22.0 Å². The van der Waals surface area contributed by atoms with E-state index in [0.717, 1.165) is 5.82 Å². The topological polar surface area (TPSA) is 82.2 Å². The highest BCUT2D eigenvalue weighted by atomic mass is 35.5. The van der Waals surface area contributed by atoms with E-state index in [1.165, 1.54) is 13.2 Å². The molecule has 0 aliphatic rings. The third kappa shape index (κ3) is 2.88. The predicted octanol–water partition coefficient (Wildman–Crippen LogP) is 2.17. The van der Waals surface area contributed by atoms with Gasteiger partial charge in [-0.05, 0) is 19.1 Å². The Morgan fingerprint density at radius 3 is 2.79 bits per heavy atom. The van der Waals surface area contributed by atoms with Gasteiger partial charge in [-0.25, -0.2) is 14.8 Å². The summed E-state index contributed by atoms with van der Waals surface area (Å²) in [6.45, 7) is 2.92. The second kappa shape index (κ2) is 6.62. The minimum absolute atomic E-state index is 0.221. The Bertz CT molecular complexity index is 900. The van der Waals surface area contributed by atoms with Crippen LogP contribution in [0.3, 0.4) is 0 Å². The van der Waals surface area contributed by atoms with Crippen molar-refractivity contribution in [1.29, 1.82) is 0 Å². The SMILES string of the molecule is COC(=O)c1cc(Cl)c2nc(CO)n(CCn3ccnc3C)c2c1. The van der Waals surface area contributed by atoms with Gasteiger partial charge < -0.3 is 19.0 Å². The first-order chi connectivity index (χ1) is 11.5. The number of aliphatic hydroxyl groups excluding tert-OH is 1. The molecule has 1 aromatic carbocycles. The lowest BCUT2D eigenvalue weighted by atomic mass is 10.2. The number of hydrogen-bond acceptors (Lipinski definition) is 5. The molecule has 1 N–H and O–H groups in total. The van der Waals surface area contributed by atoms with Crippen LogP contribution in [0.4, 0.5) is 0 Å². The Morgan fingerprint density at radius 2 is 2.17 bits per heavy atom. The van der Waals surface area contributed by atoms with Crippen molar-refractivity contribution in [3.63, 3.8) is 0 Å². The average molecular weight is 349 g/mol. The van der Waals surface area contributed by atoms with E-state index in [-0.39, 0.29) is 6.61 Å². The van der Waals surface area contributed by atoms with Crippen molar-refractivity contribution >= 4 is 28.6 Å². The zero-order valence-corrected chi connectivity index (χ0v) is 14.1. The smallest absolute Gasteiger partial charge is 0.337 e. The van der Waals surface area contributed by atoms with E-state index < -0.39 is 5.97 Å². The number of ether oxygens (including phenoxy) is 1. The molecule has 0 saturated carbocycles. The summed E-state index contributed by atoms with van der Waals surface area (Å²) in [6.07, 6.45) is 3.63. The molecule has 0 fully saturated rings. The number of aliphatic hydroxyl groups is 1. The largest absolute Gasteiger partial charge is 0.465 e. The minimum atomic E-state index is -0.470. The Kier molecular flexibility index (Phi) is 4.55. The highest BCUT2D eigenvalue weighted by molar-refractivity contribution is 6.35. The lowest BCUT2D eigenvalue weighted by molar-refractivity contribution is 0.0601. The lowest BCUT2D eigenvalue weighted by Crippen LogP contribution is -2.11. The third-order valence-corrected chi connectivity index (χ3v) is 4.23. The maximum absolute atomic E-state index is 11.8. The monoisotopic (exact) mass is 348 g/mol. The number of hydrogen-bond donors (Lipinski definition) is 1. The van der Waals surface area contributed by atoms with Crippen molar-refractivity contribution in [1.82, 2.24) is 19.1 Å². The Labute approximate surface area is 143 Å². The van der Waals surface area contributed by atoms with Gasteiger partial charge in [-0.2, -0.15) is 0 Å². The van der Waals surface area contributed by atoms with Crippen LogP contribution in [-0.4, -0.2) is 37.3 Å². The molecule has 24 heavy (non-hydrogen) atoms. The number of halogens is 1. The molecule has 0 aliphatic heterocycles. The summed E-state index contributed by atoms with van der Waals surface area (Å²) in [5, 5.41) is 9.96. The molecule has 8 heteroatoms.